The van der Waals surface area contributed by atoms with Crippen molar-refractivity contribution in [1.82, 2.24) is 10.2 Å². The molecule has 3 rings (SSSR count). The Hall–Kier alpha value is -3.74. The van der Waals surface area contributed by atoms with Crippen LogP contribution in [0.15, 0.2) is 61.2 Å². The summed E-state index contributed by atoms with van der Waals surface area (Å²) in [6.45, 7) is 5.08. The molecule has 0 radical (unpaired) electrons. The van der Waals surface area contributed by atoms with E-state index in [0.717, 1.165) is 17.7 Å². The van der Waals surface area contributed by atoms with Crippen LogP contribution < -0.4 is 5.32 Å². The third kappa shape index (κ3) is 5.25. The van der Waals surface area contributed by atoms with Crippen molar-refractivity contribution in [2.24, 2.45) is 0 Å². The third-order valence-corrected chi connectivity index (χ3v) is 4.97. The summed E-state index contributed by atoms with van der Waals surface area (Å²) in [4.78, 5) is 50.1. The van der Waals surface area contributed by atoms with Crippen LogP contribution in [0.2, 0.25) is 0 Å². The first kappa shape index (κ1) is 22.0. The van der Waals surface area contributed by atoms with E-state index in [4.69, 9.17) is 4.74 Å². The number of nitrogens with one attached hydrogen (secondary N) is 1. The summed E-state index contributed by atoms with van der Waals surface area (Å²) in [5.74, 6) is -2.06. The normalized spacial score (nSPS) is 13.5. The second-order valence-electron chi connectivity index (χ2n) is 7.34. The second-order valence-corrected chi connectivity index (χ2v) is 7.34. The van der Waals surface area contributed by atoms with E-state index in [1.165, 1.54) is 29.8 Å². The monoisotopic (exact) mass is 420 g/mol. The van der Waals surface area contributed by atoms with Crippen LogP contribution >= 0.6 is 0 Å². The Morgan fingerprint density at radius 1 is 1.10 bits per heavy atom. The lowest BCUT2D eigenvalue weighted by Crippen LogP contribution is -2.36. The maximum atomic E-state index is 12.4. The average Bonchev–Trinajstić information content (AvgIpc) is 3.01. The number of benzene rings is 2. The molecule has 160 valence electrons. The van der Waals surface area contributed by atoms with Crippen LogP contribution in [0, 0.1) is 0 Å². The molecule has 0 saturated heterocycles. The van der Waals surface area contributed by atoms with E-state index in [9.17, 15) is 19.2 Å². The van der Waals surface area contributed by atoms with Gasteiger partial charge in [-0.1, -0.05) is 36.4 Å². The van der Waals surface area contributed by atoms with E-state index in [1.54, 1.807) is 0 Å². The van der Waals surface area contributed by atoms with Gasteiger partial charge in [-0.15, -0.1) is 6.58 Å². The van der Waals surface area contributed by atoms with Crippen LogP contribution in [-0.2, 0) is 16.0 Å². The van der Waals surface area contributed by atoms with Crippen LogP contribution in [0.4, 0.5) is 0 Å². The molecule has 0 aliphatic carbocycles. The first-order valence-electron chi connectivity index (χ1n) is 10.0. The molecule has 1 N–H and O–H groups in total. The van der Waals surface area contributed by atoms with E-state index in [1.807, 2.05) is 37.3 Å². The lowest BCUT2D eigenvalue weighted by atomic mass is 10.1. The maximum absolute atomic E-state index is 12.4. The van der Waals surface area contributed by atoms with Crippen molar-refractivity contribution in [1.29, 1.82) is 0 Å². The van der Waals surface area contributed by atoms with Gasteiger partial charge in [0.25, 0.3) is 17.7 Å². The van der Waals surface area contributed by atoms with Gasteiger partial charge in [0.15, 0.2) is 6.61 Å². The molecule has 3 amide bonds. The molecule has 1 atom stereocenters. The fourth-order valence-electron chi connectivity index (χ4n) is 3.34. The Balaban J connectivity index is 1.51. The molecule has 0 spiro atoms. The largest absolute Gasteiger partial charge is 0.452 e. The molecule has 31 heavy (non-hydrogen) atoms. The van der Waals surface area contributed by atoms with Gasteiger partial charge in [-0.2, -0.15) is 0 Å². The fourth-order valence-corrected chi connectivity index (χ4v) is 3.34. The minimum absolute atomic E-state index is 0.0779. The zero-order chi connectivity index (χ0) is 22.4. The first-order valence-corrected chi connectivity index (χ1v) is 10.0. The van der Waals surface area contributed by atoms with Crippen LogP contribution in [-0.4, -0.2) is 47.8 Å². The second kappa shape index (κ2) is 9.84. The number of fused-ring (bicyclic) bond motifs is 1. The molecule has 7 heteroatoms. The van der Waals surface area contributed by atoms with Gasteiger partial charge < -0.3 is 10.1 Å². The van der Waals surface area contributed by atoms with Gasteiger partial charge in [0, 0.05) is 12.6 Å². The number of carbonyl (C=O) groups is 4. The van der Waals surface area contributed by atoms with Gasteiger partial charge in [0.05, 0.1) is 16.7 Å². The molecule has 0 bridgehead atoms. The standard InChI is InChI=1S/C24H24N2O5/c1-3-13-26-22(28)19-12-11-18(14-20(19)23(26)29)24(30)31-15-21(27)25-16(2)9-10-17-7-5-4-6-8-17/h3-8,11-12,14,16H,1,9-10,13,15H2,2H3,(H,25,27). The molecular weight excluding hydrogens is 396 g/mol. The van der Waals surface area contributed by atoms with E-state index in [2.05, 4.69) is 11.9 Å². The van der Waals surface area contributed by atoms with E-state index >= 15 is 0 Å². The van der Waals surface area contributed by atoms with Crippen LogP contribution in [0.25, 0.3) is 0 Å². The Morgan fingerprint density at radius 3 is 2.52 bits per heavy atom. The van der Waals surface area contributed by atoms with Crippen molar-refractivity contribution >= 4 is 23.7 Å². The highest BCUT2D eigenvalue weighted by Crippen LogP contribution is 2.24. The number of imide groups is 1. The third-order valence-electron chi connectivity index (χ3n) is 4.97. The van der Waals surface area contributed by atoms with Gasteiger partial charge in [-0.05, 0) is 43.5 Å². The summed E-state index contributed by atoms with van der Waals surface area (Å²) in [7, 11) is 0. The Kier molecular flexibility index (Phi) is 6.97. The molecule has 1 heterocycles. The number of carbonyl (C=O) groups excluding carboxylic acids is 4. The SMILES string of the molecule is C=CCN1C(=O)c2ccc(C(=O)OCC(=O)NC(C)CCc3ccccc3)cc2C1=O. The lowest BCUT2D eigenvalue weighted by Gasteiger charge is -2.14. The van der Waals surface area contributed by atoms with Crippen LogP contribution in [0.1, 0.15) is 50.0 Å². The number of rotatable bonds is 9. The number of ether oxygens (including phenoxy) is 1. The van der Waals surface area contributed by atoms with Gasteiger partial charge >= 0.3 is 5.97 Å². The maximum Gasteiger partial charge on any atom is 0.338 e. The summed E-state index contributed by atoms with van der Waals surface area (Å²) in [5, 5.41) is 2.80. The number of hydrogen-bond donors (Lipinski definition) is 1. The summed E-state index contributed by atoms with van der Waals surface area (Å²) in [5.41, 5.74) is 1.66. The highest BCUT2D eigenvalue weighted by molar-refractivity contribution is 6.22. The lowest BCUT2D eigenvalue weighted by molar-refractivity contribution is -0.124. The first-order chi connectivity index (χ1) is 14.9. The zero-order valence-corrected chi connectivity index (χ0v) is 17.3. The molecule has 7 nitrogen and oxygen atoms in total. The molecule has 0 saturated carbocycles. The molecule has 1 aliphatic heterocycles. The predicted octanol–water partition coefficient (Wildman–Crippen LogP) is 2.76. The smallest absolute Gasteiger partial charge is 0.338 e. The zero-order valence-electron chi connectivity index (χ0n) is 17.3. The summed E-state index contributed by atoms with van der Waals surface area (Å²) in [6.07, 6.45) is 3.04. The van der Waals surface area contributed by atoms with Crippen molar-refractivity contribution in [3.8, 4) is 0 Å². The highest BCUT2D eigenvalue weighted by Gasteiger charge is 2.35. The Labute approximate surface area is 180 Å². The number of aryl methyl sites for hydroxylation is 1. The number of amides is 3. The quantitative estimate of drug-likeness (QED) is 0.383. The minimum Gasteiger partial charge on any atom is -0.452 e. The van der Waals surface area contributed by atoms with E-state index in [-0.39, 0.29) is 29.3 Å². The fraction of sp³-hybridized carbons (Fsp3) is 0.250. The minimum atomic E-state index is -0.739. The van der Waals surface area contributed by atoms with Crippen LogP contribution in [0.3, 0.4) is 0 Å². The van der Waals surface area contributed by atoms with Gasteiger partial charge in [0.2, 0.25) is 0 Å². The van der Waals surface area contributed by atoms with Crippen LogP contribution in [0.5, 0.6) is 0 Å². The molecule has 2 aromatic carbocycles. The van der Waals surface area contributed by atoms with Gasteiger partial charge in [0.1, 0.15) is 0 Å². The van der Waals surface area contributed by atoms with Crippen molar-refractivity contribution in [2.75, 3.05) is 13.2 Å². The van der Waals surface area contributed by atoms with E-state index < -0.39 is 30.3 Å². The number of esters is 1. The number of nitrogens with zero attached hydrogens (tertiary/aromatic N) is 1. The topological polar surface area (TPSA) is 92.8 Å². The van der Waals surface area contributed by atoms with Crippen molar-refractivity contribution in [3.05, 3.63) is 83.4 Å². The molecule has 0 fully saturated rings. The average molecular weight is 420 g/mol. The van der Waals surface area contributed by atoms with Gasteiger partial charge in [-0.25, -0.2) is 4.79 Å². The summed E-state index contributed by atoms with van der Waals surface area (Å²) >= 11 is 0. The van der Waals surface area contributed by atoms with Crippen molar-refractivity contribution in [3.63, 3.8) is 0 Å². The highest BCUT2D eigenvalue weighted by atomic mass is 16.5. The number of hydrogen-bond acceptors (Lipinski definition) is 5. The predicted molar refractivity (Wildman–Crippen MR) is 115 cm³/mol. The molecule has 1 aliphatic rings. The summed E-state index contributed by atoms with van der Waals surface area (Å²) < 4.78 is 5.07. The van der Waals surface area contributed by atoms with Crippen molar-refractivity contribution in [2.45, 2.75) is 25.8 Å². The molecule has 0 aromatic heterocycles. The molecule has 2 aromatic rings. The Bertz CT molecular complexity index is 1020. The van der Waals surface area contributed by atoms with E-state index in [0.29, 0.717) is 0 Å². The molecular formula is C24H24N2O5. The van der Waals surface area contributed by atoms with Gasteiger partial charge in [-0.3, -0.25) is 19.3 Å². The summed E-state index contributed by atoms with van der Waals surface area (Å²) in [6, 6.07) is 14.0. The Morgan fingerprint density at radius 2 is 1.81 bits per heavy atom. The van der Waals surface area contributed by atoms with Crippen molar-refractivity contribution < 1.29 is 23.9 Å². The molecule has 1 unspecified atom stereocenters.